The van der Waals surface area contributed by atoms with Gasteiger partial charge < -0.3 is 5.32 Å². The first-order valence-corrected chi connectivity index (χ1v) is 12.7. The van der Waals surface area contributed by atoms with Crippen LogP contribution in [0.15, 0.2) is 59.5 Å². The Hall–Kier alpha value is -2.57. The molecule has 0 aliphatic carbocycles. The van der Waals surface area contributed by atoms with Crippen LogP contribution in [0, 0.1) is 13.8 Å². The zero-order valence-electron chi connectivity index (χ0n) is 18.6. The molecule has 7 heteroatoms. The van der Waals surface area contributed by atoms with Crippen LogP contribution < -0.4 is 9.62 Å². The van der Waals surface area contributed by atoms with E-state index in [-0.39, 0.29) is 11.1 Å². The maximum Gasteiger partial charge on any atom is 0.267 e. The fraction of sp³-hybridized carbons (Fsp3) is 0.320. The largest absolute Gasteiger partial charge is 0.361 e. The molecule has 1 N–H and O–H groups in total. The topological polar surface area (TPSA) is 62.3 Å². The highest BCUT2D eigenvalue weighted by atomic mass is 35.5. The number of aromatic nitrogens is 1. The van der Waals surface area contributed by atoms with Crippen molar-refractivity contribution in [1.29, 1.82) is 0 Å². The lowest BCUT2D eigenvalue weighted by atomic mass is 10.0. The number of hydrogen-bond donors (Lipinski definition) is 1. The first kappa shape index (κ1) is 22.6. The van der Waals surface area contributed by atoms with Crippen molar-refractivity contribution in [1.82, 2.24) is 4.98 Å². The lowest BCUT2D eigenvalue weighted by molar-refractivity contribution is 0.570. The van der Waals surface area contributed by atoms with Gasteiger partial charge in [-0.25, -0.2) is 17.7 Å². The summed E-state index contributed by atoms with van der Waals surface area (Å²) in [7, 11) is -3.76. The Morgan fingerprint density at radius 1 is 1.06 bits per heavy atom. The maximum absolute atomic E-state index is 13.6. The predicted molar refractivity (Wildman–Crippen MR) is 131 cm³/mol. The van der Waals surface area contributed by atoms with Crippen LogP contribution in [0.4, 0.5) is 11.5 Å². The average molecular weight is 470 g/mol. The van der Waals surface area contributed by atoms with E-state index in [0.717, 1.165) is 40.9 Å². The van der Waals surface area contributed by atoms with E-state index in [9.17, 15) is 8.42 Å². The Bertz CT molecular complexity index is 1230. The Morgan fingerprint density at radius 3 is 2.47 bits per heavy atom. The fourth-order valence-corrected chi connectivity index (χ4v) is 5.78. The van der Waals surface area contributed by atoms with Gasteiger partial charge in [0.05, 0.1) is 10.6 Å². The molecule has 1 aliphatic heterocycles. The number of benzene rings is 2. The molecule has 0 radical (unpaired) electrons. The molecule has 4 rings (SSSR count). The van der Waals surface area contributed by atoms with E-state index in [0.29, 0.717) is 23.7 Å². The van der Waals surface area contributed by atoms with Gasteiger partial charge in [-0.15, -0.1) is 0 Å². The van der Waals surface area contributed by atoms with Crippen LogP contribution in [-0.2, 0) is 16.4 Å². The summed E-state index contributed by atoms with van der Waals surface area (Å²) in [5.74, 6) is 0.465. The summed E-state index contributed by atoms with van der Waals surface area (Å²) in [6, 6.07) is 16.7. The smallest absolute Gasteiger partial charge is 0.267 e. The van der Waals surface area contributed by atoms with Crippen LogP contribution in [-0.4, -0.2) is 19.6 Å². The lowest BCUT2D eigenvalue weighted by Crippen LogP contribution is -2.40. The van der Waals surface area contributed by atoms with Crippen LogP contribution in [0.5, 0.6) is 0 Å². The fourth-order valence-electron chi connectivity index (χ4n) is 4.01. The molecule has 2 heterocycles. The van der Waals surface area contributed by atoms with Crippen molar-refractivity contribution in [3.63, 3.8) is 0 Å². The highest BCUT2D eigenvalue weighted by molar-refractivity contribution is 7.92. The summed E-state index contributed by atoms with van der Waals surface area (Å²) in [5, 5.41) is 4.14. The number of anilines is 2. The first-order chi connectivity index (χ1) is 15.3. The molecule has 5 nitrogen and oxygen atoms in total. The second-order valence-electron chi connectivity index (χ2n) is 8.29. The number of rotatable bonds is 7. The average Bonchev–Trinajstić information content (AvgIpc) is 3.12. The van der Waals surface area contributed by atoms with Gasteiger partial charge in [-0.3, -0.25) is 0 Å². The number of pyridine rings is 1. The molecule has 0 bridgehead atoms. The normalized spacial score (nSPS) is 15.5. The zero-order valence-corrected chi connectivity index (χ0v) is 20.2. The molecule has 168 valence electrons. The third-order valence-corrected chi connectivity index (χ3v) is 8.04. The van der Waals surface area contributed by atoms with Crippen LogP contribution in [0.25, 0.3) is 0 Å². The predicted octanol–water partition coefficient (Wildman–Crippen LogP) is 6.08. The van der Waals surface area contributed by atoms with Gasteiger partial charge in [0.15, 0.2) is 5.82 Å². The summed E-state index contributed by atoms with van der Waals surface area (Å²) in [5.41, 5.74) is 4.60. The molecule has 2 aromatic carbocycles. The molecule has 0 saturated carbocycles. The summed E-state index contributed by atoms with van der Waals surface area (Å²) < 4.78 is 28.8. The van der Waals surface area contributed by atoms with Gasteiger partial charge in [0, 0.05) is 17.1 Å². The number of nitrogens with zero attached hydrogens (tertiary/aromatic N) is 2. The Labute approximate surface area is 195 Å². The van der Waals surface area contributed by atoms with Gasteiger partial charge >= 0.3 is 0 Å². The van der Waals surface area contributed by atoms with E-state index in [1.54, 1.807) is 12.1 Å². The van der Waals surface area contributed by atoms with Crippen LogP contribution in [0.3, 0.4) is 0 Å². The molecular formula is C25H28ClN3O2S. The highest BCUT2D eigenvalue weighted by Crippen LogP contribution is 2.40. The number of halogens is 1. The monoisotopic (exact) mass is 469 g/mol. The summed E-state index contributed by atoms with van der Waals surface area (Å²) in [4.78, 5) is 5.05. The molecule has 1 unspecified atom stereocenters. The zero-order chi connectivity index (χ0) is 22.9. The molecule has 0 fully saturated rings. The molecule has 1 atom stereocenters. The number of hydrogen-bond acceptors (Lipinski definition) is 4. The molecule has 0 amide bonds. The van der Waals surface area contributed by atoms with E-state index in [4.69, 9.17) is 16.6 Å². The number of unbranched alkanes of at least 4 members (excludes halogenated alkanes) is 1. The Morgan fingerprint density at radius 2 is 1.78 bits per heavy atom. The van der Waals surface area contributed by atoms with Gasteiger partial charge in [0.25, 0.3) is 10.0 Å². The van der Waals surface area contributed by atoms with Crippen LogP contribution in [0.1, 0.15) is 48.6 Å². The maximum atomic E-state index is 13.6. The van der Waals surface area contributed by atoms with Crippen LogP contribution >= 0.6 is 11.6 Å². The summed E-state index contributed by atoms with van der Waals surface area (Å²) in [6.45, 7) is 5.96. The third-order valence-electron chi connectivity index (χ3n) is 5.86. The van der Waals surface area contributed by atoms with Gasteiger partial charge in [0.1, 0.15) is 6.17 Å². The second kappa shape index (κ2) is 9.12. The van der Waals surface area contributed by atoms with E-state index in [1.165, 1.54) is 4.31 Å². The summed E-state index contributed by atoms with van der Waals surface area (Å²) in [6.07, 6.45) is 2.88. The van der Waals surface area contributed by atoms with Gasteiger partial charge in [-0.1, -0.05) is 60.8 Å². The second-order valence-corrected chi connectivity index (χ2v) is 10.5. The SMILES string of the molecule is CCCCC1Nc2cc(Cc3ccccc3Cl)c(C)nc2N1S(=O)(=O)c1ccc(C)cc1. The molecule has 3 aromatic rings. The highest BCUT2D eigenvalue weighted by Gasteiger charge is 2.39. The Balaban J connectivity index is 1.75. The van der Waals surface area contributed by atoms with Crippen molar-refractivity contribution in [3.05, 3.63) is 82.0 Å². The van der Waals surface area contributed by atoms with E-state index in [1.807, 2.05) is 56.3 Å². The standard InChI is InChI=1S/C25H28ClN3O2S/c1-4-5-10-24-28-23-16-20(15-19-8-6-7-9-22(19)26)18(3)27-25(23)29(24)32(30,31)21-13-11-17(2)12-14-21/h6-9,11-14,16,24,28H,4-5,10,15H2,1-3H3. The number of sulfonamides is 1. The van der Waals surface area contributed by atoms with Crippen molar-refractivity contribution in [2.24, 2.45) is 0 Å². The van der Waals surface area contributed by atoms with Crippen molar-refractivity contribution in [2.45, 2.75) is 57.5 Å². The molecule has 0 saturated heterocycles. The van der Waals surface area contributed by atoms with Gasteiger partial charge in [-0.2, -0.15) is 0 Å². The molecule has 1 aliphatic rings. The minimum Gasteiger partial charge on any atom is -0.361 e. The minimum atomic E-state index is -3.76. The van der Waals surface area contributed by atoms with Gasteiger partial charge in [0.2, 0.25) is 0 Å². The van der Waals surface area contributed by atoms with Crippen molar-refractivity contribution < 1.29 is 8.42 Å². The number of nitrogens with one attached hydrogen (secondary N) is 1. The number of aryl methyl sites for hydroxylation is 2. The van der Waals surface area contributed by atoms with E-state index < -0.39 is 10.0 Å². The lowest BCUT2D eigenvalue weighted by Gasteiger charge is -2.25. The summed E-state index contributed by atoms with van der Waals surface area (Å²) >= 11 is 6.36. The van der Waals surface area contributed by atoms with E-state index in [2.05, 4.69) is 12.2 Å². The quantitative estimate of drug-likeness (QED) is 0.455. The van der Waals surface area contributed by atoms with Crippen molar-refractivity contribution in [2.75, 3.05) is 9.62 Å². The van der Waals surface area contributed by atoms with E-state index >= 15 is 0 Å². The van der Waals surface area contributed by atoms with Crippen molar-refractivity contribution in [3.8, 4) is 0 Å². The third kappa shape index (κ3) is 4.34. The number of fused-ring (bicyclic) bond motifs is 1. The molecule has 0 spiro atoms. The van der Waals surface area contributed by atoms with Crippen molar-refractivity contribution >= 4 is 33.1 Å². The molecular weight excluding hydrogens is 442 g/mol. The minimum absolute atomic E-state index is 0.277. The van der Waals surface area contributed by atoms with Crippen LogP contribution in [0.2, 0.25) is 5.02 Å². The first-order valence-electron chi connectivity index (χ1n) is 10.9. The Kier molecular flexibility index (Phi) is 6.45. The van der Waals surface area contributed by atoms with Gasteiger partial charge in [-0.05, 0) is 62.1 Å². The molecule has 32 heavy (non-hydrogen) atoms. The molecule has 1 aromatic heterocycles.